The highest BCUT2D eigenvalue weighted by atomic mass is 16.5. The van der Waals surface area contributed by atoms with E-state index in [1.54, 1.807) is 0 Å². The minimum Gasteiger partial charge on any atom is -0.459 e. The van der Waals surface area contributed by atoms with Gasteiger partial charge in [-0.2, -0.15) is 0 Å². The molecule has 1 N–H and O–H groups in total. The molecular weight excluding hydrogens is 286 g/mol. The van der Waals surface area contributed by atoms with Gasteiger partial charge in [-0.3, -0.25) is 9.69 Å². The largest absolute Gasteiger partial charge is 0.459 e. The van der Waals surface area contributed by atoms with Gasteiger partial charge in [0.2, 0.25) is 0 Å². The third-order valence-corrected chi connectivity index (χ3v) is 4.27. The van der Waals surface area contributed by atoms with Gasteiger partial charge in [0, 0.05) is 0 Å². The van der Waals surface area contributed by atoms with E-state index in [1.165, 1.54) is 16.3 Å². The smallest absolute Gasteiger partial charge is 0.311 e. The average Bonchev–Trinajstić information content (AvgIpc) is 2.60. The van der Waals surface area contributed by atoms with Gasteiger partial charge in [-0.05, 0) is 44.5 Å². The fourth-order valence-electron chi connectivity index (χ4n) is 2.32. The zero-order chi connectivity index (χ0) is 16.7. The number of benzene rings is 2. The van der Waals surface area contributed by atoms with Gasteiger partial charge in [0.1, 0.15) is 24.5 Å². The summed E-state index contributed by atoms with van der Waals surface area (Å²) < 4.78 is 5.51. The Morgan fingerprint density at radius 1 is 0.957 bits per heavy atom. The lowest BCUT2D eigenvalue weighted by Gasteiger charge is -2.22. The standard InChI is InChI=1S/C20H25NO2/c1-4-20(2,3)19(22)23-16-15-21(17-11-7-5-8-12-17)18-13-9-6-10-14-18/h5-14H,4,15-16H2,1-3H3/p+1. The molecule has 0 aliphatic heterocycles. The van der Waals surface area contributed by atoms with Crippen molar-refractivity contribution in [1.29, 1.82) is 0 Å². The predicted octanol–water partition coefficient (Wildman–Crippen LogP) is 3.51. The van der Waals surface area contributed by atoms with Crippen LogP contribution in [0, 0.1) is 5.41 Å². The summed E-state index contributed by atoms with van der Waals surface area (Å²) in [6.07, 6.45) is 0.778. The van der Waals surface area contributed by atoms with E-state index in [9.17, 15) is 4.79 Å². The van der Waals surface area contributed by atoms with Crippen LogP contribution in [0.15, 0.2) is 60.7 Å². The summed E-state index contributed by atoms with van der Waals surface area (Å²) in [6.45, 7) is 6.97. The summed E-state index contributed by atoms with van der Waals surface area (Å²) in [7, 11) is 0. The molecule has 0 radical (unpaired) electrons. The second-order valence-electron chi connectivity index (χ2n) is 6.33. The first-order chi connectivity index (χ1) is 11.0. The maximum Gasteiger partial charge on any atom is 0.311 e. The van der Waals surface area contributed by atoms with Gasteiger partial charge in [0.15, 0.2) is 0 Å². The van der Waals surface area contributed by atoms with Crippen molar-refractivity contribution in [2.45, 2.75) is 27.2 Å². The summed E-state index contributed by atoms with van der Waals surface area (Å²) in [4.78, 5) is 13.3. The fourth-order valence-corrected chi connectivity index (χ4v) is 2.32. The molecule has 23 heavy (non-hydrogen) atoms. The van der Waals surface area contributed by atoms with Crippen molar-refractivity contribution in [3.63, 3.8) is 0 Å². The molecule has 2 rings (SSSR count). The summed E-state index contributed by atoms with van der Waals surface area (Å²) in [5.74, 6) is -0.125. The summed E-state index contributed by atoms with van der Waals surface area (Å²) in [5.41, 5.74) is 1.92. The first-order valence-corrected chi connectivity index (χ1v) is 8.18. The van der Waals surface area contributed by atoms with Crippen LogP contribution < -0.4 is 4.90 Å². The Bertz CT molecular complexity index is 569. The second-order valence-corrected chi connectivity index (χ2v) is 6.33. The number of carbonyl (C=O) groups excluding carboxylic acids is 1. The number of esters is 1. The van der Waals surface area contributed by atoms with E-state index in [2.05, 4.69) is 24.3 Å². The predicted molar refractivity (Wildman–Crippen MR) is 93.1 cm³/mol. The van der Waals surface area contributed by atoms with E-state index in [0.29, 0.717) is 13.2 Å². The van der Waals surface area contributed by atoms with Crippen LogP contribution in [0.1, 0.15) is 27.2 Å². The molecule has 0 saturated carbocycles. The first kappa shape index (κ1) is 17.2. The van der Waals surface area contributed by atoms with Gasteiger partial charge in [0.25, 0.3) is 0 Å². The topological polar surface area (TPSA) is 30.7 Å². The monoisotopic (exact) mass is 312 g/mol. The maximum absolute atomic E-state index is 12.1. The maximum atomic E-state index is 12.1. The van der Waals surface area contributed by atoms with Crippen LogP contribution >= 0.6 is 0 Å². The lowest BCUT2D eigenvalue weighted by Crippen LogP contribution is -3.02. The fraction of sp³-hybridized carbons (Fsp3) is 0.350. The molecule has 0 atom stereocenters. The molecule has 0 unspecified atom stereocenters. The molecule has 3 heteroatoms. The lowest BCUT2D eigenvalue weighted by molar-refractivity contribution is -0.761. The highest BCUT2D eigenvalue weighted by Crippen LogP contribution is 2.21. The first-order valence-electron chi connectivity index (χ1n) is 8.18. The van der Waals surface area contributed by atoms with Crippen molar-refractivity contribution in [3.05, 3.63) is 60.7 Å². The van der Waals surface area contributed by atoms with E-state index in [4.69, 9.17) is 4.74 Å². The molecular formula is C20H26NO2+. The molecule has 0 saturated heterocycles. The minimum absolute atomic E-state index is 0.125. The molecule has 2 aromatic carbocycles. The molecule has 0 aromatic heterocycles. The molecule has 0 aliphatic carbocycles. The van der Waals surface area contributed by atoms with Gasteiger partial charge in [-0.1, -0.05) is 43.3 Å². The summed E-state index contributed by atoms with van der Waals surface area (Å²) >= 11 is 0. The van der Waals surface area contributed by atoms with E-state index in [0.717, 1.165) is 6.42 Å². The van der Waals surface area contributed by atoms with Crippen LogP contribution in [0.5, 0.6) is 0 Å². The molecule has 0 aliphatic rings. The Morgan fingerprint density at radius 3 is 1.87 bits per heavy atom. The summed E-state index contributed by atoms with van der Waals surface area (Å²) in [6, 6.07) is 20.5. The third kappa shape index (κ3) is 4.67. The van der Waals surface area contributed by atoms with Crippen molar-refractivity contribution in [3.8, 4) is 0 Å². The van der Waals surface area contributed by atoms with Gasteiger partial charge >= 0.3 is 5.97 Å². The van der Waals surface area contributed by atoms with Crippen LogP contribution in [0.3, 0.4) is 0 Å². The molecule has 122 valence electrons. The van der Waals surface area contributed by atoms with Crippen molar-refractivity contribution in [1.82, 2.24) is 0 Å². The highest BCUT2D eigenvalue weighted by molar-refractivity contribution is 5.75. The van der Waals surface area contributed by atoms with Crippen LogP contribution in [-0.4, -0.2) is 19.1 Å². The number of ether oxygens (including phenoxy) is 1. The SMILES string of the molecule is CCC(C)(C)C(=O)OCC[NH+](c1ccccc1)c1ccccc1. The molecule has 0 spiro atoms. The van der Waals surface area contributed by atoms with Gasteiger partial charge in [0.05, 0.1) is 5.41 Å². The van der Waals surface area contributed by atoms with E-state index in [-0.39, 0.29) is 5.97 Å². The van der Waals surface area contributed by atoms with Crippen LogP contribution in [0.25, 0.3) is 0 Å². The molecule has 0 fully saturated rings. The molecule has 0 bridgehead atoms. The number of para-hydroxylation sites is 2. The van der Waals surface area contributed by atoms with Gasteiger partial charge in [-0.25, -0.2) is 0 Å². The Morgan fingerprint density at radius 2 is 1.43 bits per heavy atom. The zero-order valence-electron chi connectivity index (χ0n) is 14.2. The third-order valence-electron chi connectivity index (χ3n) is 4.27. The Labute approximate surface area is 138 Å². The van der Waals surface area contributed by atoms with E-state index < -0.39 is 5.41 Å². The minimum atomic E-state index is -0.417. The van der Waals surface area contributed by atoms with E-state index >= 15 is 0 Å². The summed E-state index contributed by atoms with van der Waals surface area (Å²) in [5, 5.41) is 0. The number of carbonyl (C=O) groups is 1. The second kappa shape index (κ2) is 7.93. The van der Waals surface area contributed by atoms with Crippen molar-refractivity contribution < 1.29 is 14.4 Å². The zero-order valence-corrected chi connectivity index (χ0v) is 14.2. The number of quaternary nitrogens is 1. The Kier molecular flexibility index (Phi) is 5.94. The molecule has 3 nitrogen and oxygen atoms in total. The number of hydrogen-bond donors (Lipinski definition) is 1. The van der Waals surface area contributed by atoms with Crippen molar-refractivity contribution in [2.24, 2.45) is 5.41 Å². The molecule has 2 aromatic rings. The lowest BCUT2D eigenvalue weighted by atomic mass is 9.91. The van der Waals surface area contributed by atoms with Crippen molar-refractivity contribution in [2.75, 3.05) is 13.2 Å². The van der Waals surface area contributed by atoms with Gasteiger partial charge < -0.3 is 4.74 Å². The Balaban J connectivity index is 2.07. The van der Waals surface area contributed by atoms with Gasteiger partial charge in [-0.15, -0.1) is 0 Å². The average molecular weight is 312 g/mol. The molecule has 0 heterocycles. The quantitative estimate of drug-likeness (QED) is 0.793. The molecule has 0 amide bonds. The number of hydrogen-bond acceptors (Lipinski definition) is 2. The van der Waals surface area contributed by atoms with Crippen LogP contribution in [0.4, 0.5) is 11.4 Å². The van der Waals surface area contributed by atoms with E-state index in [1.807, 2.05) is 57.2 Å². The number of nitrogens with one attached hydrogen (secondary N) is 1. The van der Waals surface area contributed by atoms with Crippen LogP contribution in [0.2, 0.25) is 0 Å². The highest BCUT2D eigenvalue weighted by Gasteiger charge is 2.27. The normalized spacial score (nSPS) is 11.5. The van der Waals surface area contributed by atoms with Crippen molar-refractivity contribution >= 4 is 17.3 Å². The Hall–Kier alpha value is -2.13. The van der Waals surface area contributed by atoms with Crippen LogP contribution in [-0.2, 0) is 9.53 Å². The number of rotatable bonds is 7.